The number of carbonyl (C=O) groups excluding carboxylic acids is 8. The van der Waals surface area contributed by atoms with Crippen molar-refractivity contribution >= 4 is 53.2 Å². The molecule has 0 bridgehead atoms. The highest BCUT2D eigenvalue weighted by atomic mass is 16.4. The highest BCUT2D eigenvalue weighted by Crippen LogP contribution is 2.10. The van der Waals surface area contributed by atoms with Gasteiger partial charge in [0.05, 0.1) is 18.7 Å². The SMILES string of the molecule is CC(C)C[C@H](NC(=O)[C@@H](N)Cc1ccccc1)C(=O)NCC(=O)N[C@@H](Cc1ccccc1)C(=O)N[C@H](C(=O)N[C@H](C(=O)N[C@@H](CCC(N)=O)C(=O)N[C@@H](C)C(=O)O)C(C)C)[C@@H](C)O. The number of aliphatic carboxylic acids is 1. The molecule has 0 radical (unpaired) electrons. The molecule has 0 fully saturated rings. The van der Waals surface area contributed by atoms with Gasteiger partial charge in [0.25, 0.3) is 0 Å². The molecule has 0 heterocycles. The fourth-order valence-corrected chi connectivity index (χ4v) is 6.17. The first-order valence-corrected chi connectivity index (χ1v) is 20.7. The van der Waals surface area contributed by atoms with Crippen molar-refractivity contribution < 1.29 is 53.4 Å². The van der Waals surface area contributed by atoms with Crippen LogP contribution in [0.25, 0.3) is 0 Å². The number of hydrogen-bond acceptors (Lipinski definition) is 11. The van der Waals surface area contributed by atoms with E-state index in [2.05, 4.69) is 37.2 Å². The fraction of sp³-hybridized carbons (Fsp3) is 0.512. The van der Waals surface area contributed by atoms with E-state index in [0.717, 1.165) is 5.56 Å². The highest BCUT2D eigenvalue weighted by Gasteiger charge is 2.35. The van der Waals surface area contributed by atoms with Gasteiger partial charge in [-0.05, 0) is 56.1 Å². The molecule has 63 heavy (non-hydrogen) atoms. The summed E-state index contributed by atoms with van der Waals surface area (Å²) in [5.41, 5.74) is 12.8. The number of rotatable bonds is 26. The van der Waals surface area contributed by atoms with E-state index >= 15 is 0 Å². The number of carbonyl (C=O) groups is 9. The van der Waals surface area contributed by atoms with Crippen LogP contribution in [0.4, 0.5) is 0 Å². The van der Waals surface area contributed by atoms with Crippen molar-refractivity contribution in [3.05, 3.63) is 71.8 Å². The van der Waals surface area contributed by atoms with Crippen LogP contribution in [-0.2, 0) is 56.0 Å². The van der Waals surface area contributed by atoms with Crippen molar-refractivity contribution in [2.24, 2.45) is 23.3 Å². The maximum Gasteiger partial charge on any atom is 0.325 e. The number of aliphatic hydroxyl groups excluding tert-OH is 1. The summed E-state index contributed by atoms with van der Waals surface area (Å²) in [6.07, 6.45) is -1.80. The second kappa shape index (κ2) is 26.2. The van der Waals surface area contributed by atoms with Crippen LogP contribution in [0.1, 0.15) is 71.9 Å². The number of carboxylic acids is 1. The van der Waals surface area contributed by atoms with Crippen LogP contribution in [-0.4, -0.2) is 118 Å². The third kappa shape index (κ3) is 19.0. The second-order valence-corrected chi connectivity index (χ2v) is 16.1. The van der Waals surface area contributed by atoms with Crippen molar-refractivity contribution in [1.29, 1.82) is 0 Å². The summed E-state index contributed by atoms with van der Waals surface area (Å²) in [6, 6.07) is 8.52. The molecule has 0 saturated heterocycles. The maximum atomic E-state index is 13.9. The lowest BCUT2D eigenvalue weighted by molar-refractivity contribution is -0.142. The number of nitrogens with two attached hydrogens (primary N) is 2. The van der Waals surface area contributed by atoms with Gasteiger partial charge in [0.1, 0.15) is 36.3 Å². The molecule has 0 spiro atoms. The standard InChI is InChI=1S/C43H63N9O11/c1-23(2)19-31(50-37(56)29(44)20-27-13-9-7-10-14-27)38(57)46-22-34(55)48-32(21-28-15-11-8-12-16-28)40(59)52-36(26(6)53)42(61)51-35(24(3)4)41(60)49-30(17-18-33(45)54)39(58)47-25(5)43(62)63/h7-16,23-26,29-32,35-36,53H,17-22,44H2,1-6H3,(H2,45,54)(H,46,57)(H,47,58)(H,48,55)(H,49,60)(H,50,56)(H,51,61)(H,52,59)(H,62,63)/t25-,26+,29-,30-,31-,32-,35-,36-/m0/s1. The quantitative estimate of drug-likeness (QED) is 0.0503. The van der Waals surface area contributed by atoms with Gasteiger partial charge in [-0.25, -0.2) is 0 Å². The van der Waals surface area contributed by atoms with Crippen LogP contribution in [0.2, 0.25) is 0 Å². The summed E-state index contributed by atoms with van der Waals surface area (Å²) in [5.74, 6) is -8.57. The van der Waals surface area contributed by atoms with Gasteiger partial charge >= 0.3 is 5.97 Å². The topological polar surface area (TPSA) is 330 Å². The number of aliphatic hydroxyl groups is 1. The number of primary amides is 1. The molecule has 0 aliphatic rings. The zero-order chi connectivity index (χ0) is 47.4. The number of amides is 8. The lowest BCUT2D eigenvalue weighted by Gasteiger charge is -2.29. The van der Waals surface area contributed by atoms with Gasteiger partial charge in [0.15, 0.2) is 0 Å². The molecule has 20 nitrogen and oxygen atoms in total. The molecule has 0 unspecified atom stereocenters. The molecule has 0 saturated carbocycles. The van der Waals surface area contributed by atoms with Crippen LogP contribution >= 0.6 is 0 Å². The first-order chi connectivity index (χ1) is 29.6. The minimum atomic E-state index is -1.68. The van der Waals surface area contributed by atoms with Crippen molar-refractivity contribution in [1.82, 2.24) is 37.2 Å². The van der Waals surface area contributed by atoms with Crippen LogP contribution in [0.5, 0.6) is 0 Å². The Hall–Kier alpha value is -6.41. The Balaban J connectivity index is 2.22. The van der Waals surface area contributed by atoms with Crippen molar-refractivity contribution in [3.63, 3.8) is 0 Å². The predicted octanol–water partition coefficient (Wildman–Crippen LogP) is -1.72. The first-order valence-electron chi connectivity index (χ1n) is 20.7. The normalized spacial score (nSPS) is 14.9. The summed E-state index contributed by atoms with van der Waals surface area (Å²) < 4.78 is 0. The summed E-state index contributed by atoms with van der Waals surface area (Å²) in [7, 11) is 0. The smallest absolute Gasteiger partial charge is 0.325 e. The predicted molar refractivity (Wildman–Crippen MR) is 231 cm³/mol. The van der Waals surface area contributed by atoms with Crippen molar-refractivity contribution in [2.45, 2.75) is 122 Å². The van der Waals surface area contributed by atoms with E-state index in [-0.39, 0.29) is 38.0 Å². The monoisotopic (exact) mass is 881 g/mol. The van der Waals surface area contributed by atoms with Gasteiger partial charge in [0, 0.05) is 12.8 Å². The molecule has 346 valence electrons. The van der Waals surface area contributed by atoms with Crippen LogP contribution in [0.15, 0.2) is 60.7 Å². The Bertz CT molecular complexity index is 1880. The third-order valence-electron chi connectivity index (χ3n) is 9.68. The minimum Gasteiger partial charge on any atom is -0.480 e. The zero-order valence-electron chi connectivity index (χ0n) is 36.5. The van der Waals surface area contributed by atoms with Gasteiger partial charge in [-0.2, -0.15) is 0 Å². The molecule has 0 aliphatic heterocycles. The van der Waals surface area contributed by atoms with Gasteiger partial charge in [-0.1, -0.05) is 88.4 Å². The average Bonchev–Trinajstić information content (AvgIpc) is 3.21. The lowest BCUT2D eigenvalue weighted by Crippen LogP contribution is -2.62. The van der Waals surface area contributed by atoms with E-state index in [4.69, 9.17) is 11.5 Å². The highest BCUT2D eigenvalue weighted by molar-refractivity contribution is 5.97. The largest absolute Gasteiger partial charge is 0.480 e. The van der Waals surface area contributed by atoms with Crippen molar-refractivity contribution in [2.75, 3.05) is 6.54 Å². The molecule has 8 atom stereocenters. The average molecular weight is 882 g/mol. The Morgan fingerprint density at radius 3 is 1.60 bits per heavy atom. The molecule has 2 rings (SSSR count). The number of benzene rings is 2. The lowest BCUT2D eigenvalue weighted by atomic mass is 10.0. The van der Waals surface area contributed by atoms with Gasteiger partial charge < -0.3 is 58.9 Å². The molecule has 2 aromatic rings. The number of nitrogens with one attached hydrogen (secondary N) is 7. The van der Waals surface area contributed by atoms with E-state index < -0.39 is 114 Å². The fourth-order valence-electron chi connectivity index (χ4n) is 6.17. The Morgan fingerprint density at radius 1 is 0.587 bits per heavy atom. The Labute approximate surface area is 366 Å². The molecule has 20 heteroatoms. The molecular formula is C43H63N9O11. The minimum absolute atomic E-state index is 0.0329. The molecule has 0 aliphatic carbocycles. The first kappa shape index (κ1) is 52.7. The van der Waals surface area contributed by atoms with E-state index in [1.165, 1.54) is 13.8 Å². The number of hydrogen-bond donors (Lipinski definition) is 11. The summed E-state index contributed by atoms with van der Waals surface area (Å²) in [6.45, 7) is 8.64. The number of carboxylic acid groups (broad SMARTS) is 1. The maximum absolute atomic E-state index is 13.9. The third-order valence-corrected chi connectivity index (χ3v) is 9.68. The van der Waals surface area contributed by atoms with Crippen LogP contribution in [0.3, 0.4) is 0 Å². The summed E-state index contributed by atoms with van der Waals surface area (Å²) in [4.78, 5) is 116. The molecule has 8 amide bonds. The van der Waals surface area contributed by atoms with Gasteiger partial charge in [-0.3, -0.25) is 43.2 Å². The van der Waals surface area contributed by atoms with Gasteiger partial charge in [-0.15, -0.1) is 0 Å². The molecule has 2 aromatic carbocycles. The molecular weight excluding hydrogens is 819 g/mol. The summed E-state index contributed by atoms with van der Waals surface area (Å²) >= 11 is 0. The van der Waals surface area contributed by atoms with E-state index in [0.29, 0.717) is 5.56 Å². The van der Waals surface area contributed by atoms with E-state index in [9.17, 15) is 53.4 Å². The van der Waals surface area contributed by atoms with Crippen LogP contribution < -0.4 is 48.7 Å². The van der Waals surface area contributed by atoms with E-state index in [1.807, 2.05) is 44.2 Å². The van der Waals surface area contributed by atoms with Crippen molar-refractivity contribution in [3.8, 4) is 0 Å². The van der Waals surface area contributed by atoms with Crippen LogP contribution in [0, 0.1) is 11.8 Å². The Morgan fingerprint density at radius 2 is 1.10 bits per heavy atom. The Kier molecular flexibility index (Phi) is 21.9. The zero-order valence-corrected chi connectivity index (χ0v) is 36.5. The van der Waals surface area contributed by atoms with E-state index in [1.54, 1.807) is 44.2 Å². The molecule has 0 aromatic heterocycles. The van der Waals surface area contributed by atoms with Gasteiger partial charge in [0.2, 0.25) is 47.3 Å². The molecule has 13 N–H and O–H groups in total. The summed E-state index contributed by atoms with van der Waals surface area (Å²) in [5, 5.41) is 37.2. The second-order valence-electron chi connectivity index (χ2n) is 16.1.